The summed E-state index contributed by atoms with van der Waals surface area (Å²) in [5.74, 6) is -0.589. The van der Waals surface area contributed by atoms with E-state index in [4.69, 9.17) is 14.2 Å². The summed E-state index contributed by atoms with van der Waals surface area (Å²) in [4.78, 5) is 39.1. The van der Waals surface area contributed by atoms with Crippen LogP contribution in [0.5, 0.6) is 0 Å². The van der Waals surface area contributed by atoms with Crippen molar-refractivity contribution >= 4 is 18.0 Å². The molecule has 0 aliphatic rings. The van der Waals surface area contributed by atoms with Gasteiger partial charge in [0.25, 0.3) is 0 Å². The maximum atomic E-state index is 12.4. The first kappa shape index (κ1) is 47.9. The zero-order valence-electron chi connectivity index (χ0n) is 33.3. The molecule has 294 valence electrons. The maximum absolute atomic E-state index is 12.4. The van der Waals surface area contributed by atoms with Gasteiger partial charge in [-0.2, -0.15) is 0 Å². The molecule has 1 unspecified atom stereocenters. The number of carbonyl (C=O) groups is 3. The van der Waals surface area contributed by atoms with E-state index in [2.05, 4.69) is 31.3 Å². The Morgan fingerprint density at radius 2 is 0.880 bits per heavy atom. The highest BCUT2D eigenvalue weighted by Crippen LogP contribution is 2.14. The van der Waals surface area contributed by atoms with Crippen LogP contribution in [-0.4, -0.2) is 69.4 Å². The second kappa shape index (κ2) is 38.1. The maximum Gasteiger partial charge on any atom is 0.407 e. The Bertz CT molecular complexity index is 803. The van der Waals surface area contributed by atoms with Gasteiger partial charge in [0.2, 0.25) is 0 Å². The second-order valence-corrected chi connectivity index (χ2v) is 14.5. The van der Waals surface area contributed by atoms with Crippen molar-refractivity contribution in [3.05, 3.63) is 12.2 Å². The molecule has 0 bridgehead atoms. The lowest BCUT2D eigenvalue weighted by Crippen LogP contribution is -2.43. The number of nitrogens with zero attached hydrogens (tertiary/aromatic N) is 1. The Kier molecular flexibility index (Phi) is 36.6. The van der Waals surface area contributed by atoms with Gasteiger partial charge in [-0.15, -0.1) is 0 Å². The fourth-order valence-corrected chi connectivity index (χ4v) is 5.82. The van der Waals surface area contributed by atoms with Crippen molar-refractivity contribution in [2.24, 2.45) is 0 Å². The Morgan fingerprint density at radius 1 is 0.520 bits per heavy atom. The summed E-state index contributed by atoms with van der Waals surface area (Å²) in [6.07, 6.45) is 36.6. The second-order valence-electron chi connectivity index (χ2n) is 14.5. The van der Waals surface area contributed by atoms with Gasteiger partial charge in [-0.05, 0) is 52.6 Å². The van der Waals surface area contributed by atoms with Crippen molar-refractivity contribution in [1.82, 2.24) is 10.2 Å². The summed E-state index contributed by atoms with van der Waals surface area (Å²) in [5, 5.41) is 2.70. The third-order valence-electron chi connectivity index (χ3n) is 9.11. The Balaban J connectivity index is 4.14. The summed E-state index contributed by atoms with van der Waals surface area (Å²) in [5.41, 5.74) is 0. The van der Waals surface area contributed by atoms with Crippen molar-refractivity contribution in [1.29, 1.82) is 0 Å². The average Bonchev–Trinajstić information content (AvgIpc) is 3.09. The van der Waals surface area contributed by atoms with Gasteiger partial charge >= 0.3 is 18.0 Å². The number of rotatable bonds is 37. The number of allylic oxidation sites excluding steroid dienone is 2. The number of hydrogen-bond donors (Lipinski definition) is 1. The van der Waals surface area contributed by atoms with Crippen molar-refractivity contribution in [2.45, 2.75) is 200 Å². The van der Waals surface area contributed by atoms with Gasteiger partial charge in [-0.1, -0.05) is 154 Å². The quantitative estimate of drug-likeness (QED) is 0.0297. The molecule has 0 heterocycles. The van der Waals surface area contributed by atoms with Crippen LogP contribution in [0.3, 0.4) is 0 Å². The topological polar surface area (TPSA) is 94.2 Å². The van der Waals surface area contributed by atoms with E-state index in [1.54, 1.807) is 0 Å². The summed E-state index contributed by atoms with van der Waals surface area (Å²) < 4.78 is 16.2. The van der Waals surface area contributed by atoms with Gasteiger partial charge in [0, 0.05) is 19.4 Å². The first-order valence-corrected chi connectivity index (χ1v) is 20.9. The lowest BCUT2D eigenvalue weighted by atomic mass is 10.0. The smallest absolute Gasteiger partial charge is 0.407 e. The molecule has 0 rings (SSSR count). The lowest BCUT2D eigenvalue weighted by Gasteiger charge is -2.19. The van der Waals surface area contributed by atoms with Crippen LogP contribution >= 0.6 is 0 Å². The zero-order chi connectivity index (χ0) is 36.8. The molecule has 0 radical (unpaired) electrons. The monoisotopic (exact) mass is 709 g/mol. The van der Waals surface area contributed by atoms with Gasteiger partial charge in [0.05, 0.1) is 0 Å². The number of nitrogens with one attached hydrogen (secondary N) is 1. The van der Waals surface area contributed by atoms with E-state index in [9.17, 15) is 14.4 Å². The number of alkyl carbamates (subject to hydrolysis) is 1. The van der Waals surface area contributed by atoms with Crippen molar-refractivity contribution in [3.63, 3.8) is 0 Å². The third kappa shape index (κ3) is 37.2. The van der Waals surface area contributed by atoms with Gasteiger partial charge in [0.1, 0.15) is 25.9 Å². The summed E-state index contributed by atoms with van der Waals surface area (Å²) in [7, 11) is 3.80. The molecular formula is C42H80N2O6. The minimum absolute atomic E-state index is 0.0548. The van der Waals surface area contributed by atoms with E-state index in [-0.39, 0.29) is 31.8 Å². The fraction of sp³-hybridized carbons (Fsp3) is 0.881. The number of carbonyl (C=O) groups excluding carboxylic acids is 3. The van der Waals surface area contributed by atoms with E-state index in [0.717, 1.165) is 44.9 Å². The zero-order valence-corrected chi connectivity index (χ0v) is 33.3. The number of likely N-dealkylation sites (N-methyl/N-ethyl adjacent to an activating group) is 1. The molecule has 0 saturated carbocycles. The Hall–Kier alpha value is -2.09. The minimum atomic E-state index is -0.657. The molecule has 0 aliphatic heterocycles. The standard InChI is InChI=1S/C42H80N2O6/c1-5-7-9-11-13-15-17-19-20-22-24-26-28-30-32-34-41(46)50-38-39(43-42(47)48-36-35-44(3)4)37-49-40(45)33-31-29-27-25-23-21-18-16-14-12-10-8-6-2/h19-20,39H,5-18,21-38H2,1-4H3,(H,43,47). The van der Waals surface area contributed by atoms with Crippen LogP contribution in [-0.2, 0) is 23.8 Å². The van der Waals surface area contributed by atoms with Crippen LogP contribution < -0.4 is 5.32 Å². The number of amides is 1. The molecule has 1 N–H and O–H groups in total. The van der Waals surface area contributed by atoms with Gasteiger partial charge in [-0.3, -0.25) is 9.59 Å². The van der Waals surface area contributed by atoms with Crippen LogP contribution in [0.1, 0.15) is 194 Å². The molecule has 0 fully saturated rings. The molecule has 1 atom stereocenters. The highest BCUT2D eigenvalue weighted by Gasteiger charge is 2.18. The van der Waals surface area contributed by atoms with Crippen molar-refractivity contribution in [2.75, 3.05) is 40.5 Å². The fourth-order valence-electron chi connectivity index (χ4n) is 5.82. The molecular weight excluding hydrogens is 628 g/mol. The average molecular weight is 709 g/mol. The van der Waals surface area contributed by atoms with E-state index in [1.807, 2.05) is 19.0 Å². The van der Waals surface area contributed by atoms with Crippen LogP contribution in [0.2, 0.25) is 0 Å². The highest BCUT2D eigenvalue weighted by atomic mass is 16.6. The number of unbranched alkanes of at least 4 members (excludes halogenated alkanes) is 23. The van der Waals surface area contributed by atoms with Gasteiger partial charge in [-0.25, -0.2) is 4.79 Å². The molecule has 0 spiro atoms. The van der Waals surface area contributed by atoms with Crippen LogP contribution in [0.15, 0.2) is 12.2 Å². The SMILES string of the molecule is CCCCCCCCC=CCCCCCCCC(=O)OCC(COC(=O)CCCCCCCCCCCCCCC)NC(=O)OCCN(C)C. The molecule has 0 aliphatic carbocycles. The van der Waals surface area contributed by atoms with Crippen LogP contribution in [0.25, 0.3) is 0 Å². The molecule has 0 aromatic heterocycles. The predicted octanol–water partition coefficient (Wildman–Crippen LogP) is 11.2. The molecule has 0 saturated heterocycles. The lowest BCUT2D eigenvalue weighted by molar-refractivity contribution is -0.147. The largest absolute Gasteiger partial charge is 0.463 e. The normalized spacial score (nSPS) is 12.0. The Labute approximate surface area is 308 Å². The number of esters is 2. The number of hydrogen-bond acceptors (Lipinski definition) is 7. The van der Waals surface area contributed by atoms with E-state index < -0.39 is 12.1 Å². The van der Waals surface area contributed by atoms with E-state index in [1.165, 1.54) is 122 Å². The molecule has 1 amide bonds. The van der Waals surface area contributed by atoms with E-state index in [0.29, 0.717) is 19.4 Å². The van der Waals surface area contributed by atoms with Crippen LogP contribution in [0.4, 0.5) is 4.79 Å². The number of ether oxygens (including phenoxy) is 3. The molecule has 0 aromatic rings. The van der Waals surface area contributed by atoms with Crippen LogP contribution in [0, 0.1) is 0 Å². The third-order valence-corrected chi connectivity index (χ3v) is 9.11. The van der Waals surface area contributed by atoms with Crippen molar-refractivity contribution in [3.8, 4) is 0 Å². The van der Waals surface area contributed by atoms with Gasteiger partial charge in [0.15, 0.2) is 0 Å². The summed E-state index contributed by atoms with van der Waals surface area (Å²) in [6, 6.07) is -0.657. The first-order valence-electron chi connectivity index (χ1n) is 20.9. The van der Waals surface area contributed by atoms with E-state index >= 15 is 0 Å². The Morgan fingerprint density at radius 3 is 1.26 bits per heavy atom. The van der Waals surface area contributed by atoms with Crippen molar-refractivity contribution < 1.29 is 28.6 Å². The molecule has 50 heavy (non-hydrogen) atoms. The molecule has 8 nitrogen and oxygen atoms in total. The summed E-state index contributed by atoms with van der Waals surface area (Å²) >= 11 is 0. The minimum Gasteiger partial charge on any atom is -0.463 e. The highest BCUT2D eigenvalue weighted by molar-refractivity contribution is 5.70. The van der Waals surface area contributed by atoms with Gasteiger partial charge < -0.3 is 24.4 Å². The summed E-state index contributed by atoms with van der Waals surface area (Å²) in [6.45, 7) is 5.23. The predicted molar refractivity (Wildman–Crippen MR) is 209 cm³/mol. The molecule has 8 heteroatoms. The first-order chi connectivity index (χ1) is 24.4. The molecule has 0 aromatic carbocycles.